The second-order valence-electron chi connectivity index (χ2n) is 7.42. The highest BCUT2D eigenvalue weighted by molar-refractivity contribution is 5.32. The van der Waals surface area contributed by atoms with Gasteiger partial charge in [0, 0.05) is 19.6 Å². The summed E-state index contributed by atoms with van der Waals surface area (Å²) in [7, 11) is 1.64. The maximum Gasteiger partial charge on any atom is 0.118 e. The molecular formula is C22H29NO3. The average Bonchev–Trinajstić information content (AvgIpc) is 2.66. The molecular weight excluding hydrogens is 326 g/mol. The first-order valence-electron chi connectivity index (χ1n) is 9.26. The van der Waals surface area contributed by atoms with Crippen LogP contribution in [0.5, 0.6) is 5.75 Å². The van der Waals surface area contributed by atoms with Gasteiger partial charge >= 0.3 is 0 Å². The van der Waals surface area contributed by atoms with Gasteiger partial charge in [0.05, 0.1) is 18.8 Å². The predicted octanol–water partition coefficient (Wildman–Crippen LogP) is 3.33. The van der Waals surface area contributed by atoms with Crippen molar-refractivity contribution in [1.29, 1.82) is 0 Å². The number of aliphatic hydroxyl groups excluding tert-OH is 1. The third-order valence-electron chi connectivity index (χ3n) is 5.66. The number of rotatable bonds is 5. The molecule has 1 fully saturated rings. The Labute approximate surface area is 156 Å². The highest BCUT2D eigenvalue weighted by Gasteiger charge is 2.34. The van der Waals surface area contributed by atoms with Crippen molar-refractivity contribution in [1.82, 2.24) is 4.90 Å². The lowest BCUT2D eigenvalue weighted by molar-refractivity contribution is -0.0345. The number of nitrogens with zero attached hydrogens (tertiary/aromatic N) is 1. The van der Waals surface area contributed by atoms with Crippen molar-refractivity contribution in [2.24, 2.45) is 0 Å². The molecule has 0 bridgehead atoms. The van der Waals surface area contributed by atoms with E-state index in [9.17, 15) is 10.2 Å². The maximum atomic E-state index is 11.0. The van der Waals surface area contributed by atoms with Gasteiger partial charge in [-0.2, -0.15) is 0 Å². The van der Waals surface area contributed by atoms with E-state index in [0.717, 1.165) is 30.0 Å². The van der Waals surface area contributed by atoms with Gasteiger partial charge < -0.3 is 19.8 Å². The molecule has 1 aliphatic heterocycles. The molecule has 1 heterocycles. The molecule has 26 heavy (non-hydrogen) atoms. The smallest absolute Gasteiger partial charge is 0.118 e. The molecule has 2 aromatic carbocycles. The largest absolute Gasteiger partial charge is 0.497 e. The van der Waals surface area contributed by atoms with Gasteiger partial charge in [-0.25, -0.2) is 0 Å². The van der Waals surface area contributed by atoms with Crippen molar-refractivity contribution in [3.05, 3.63) is 64.7 Å². The lowest BCUT2D eigenvalue weighted by atomic mass is 9.84. The minimum atomic E-state index is -0.797. The summed E-state index contributed by atoms with van der Waals surface area (Å²) in [6, 6.07) is 13.8. The molecule has 2 aromatic rings. The van der Waals surface area contributed by atoms with Gasteiger partial charge in [-0.1, -0.05) is 30.3 Å². The molecule has 1 aliphatic rings. The third kappa shape index (κ3) is 4.09. The number of aryl methyl sites for hydroxylation is 2. The van der Waals surface area contributed by atoms with Gasteiger partial charge in [0.1, 0.15) is 5.75 Å². The first-order valence-corrected chi connectivity index (χ1v) is 9.26. The molecule has 0 radical (unpaired) electrons. The fraction of sp³-hybridized carbons (Fsp3) is 0.455. The Morgan fingerprint density at radius 3 is 2.27 bits per heavy atom. The van der Waals surface area contributed by atoms with E-state index in [2.05, 4.69) is 30.9 Å². The van der Waals surface area contributed by atoms with Crippen LogP contribution in [0.4, 0.5) is 0 Å². The Morgan fingerprint density at radius 2 is 1.69 bits per heavy atom. The van der Waals surface area contributed by atoms with Crippen molar-refractivity contribution in [2.45, 2.75) is 38.4 Å². The van der Waals surface area contributed by atoms with E-state index in [1.165, 1.54) is 11.1 Å². The Morgan fingerprint density at radius 1 is 1.04 bits per heavy atom. The van der Waals surface area contributed by atoms with Crippen LogP contribution < -0.4 is 4.74 Å². The molecule has 1 atom stereocenters. The van der Waals surface area contributed by atoms with Crippen LogP contribution in [0.3, 0.4) is 0 Å². The first-order chi connectivity index (χ1) is 12.4. The van der Waals surface area contributed by atoms with E-state index in [-0.39, 0.29) is 0 Å². The molecule has 3 rings (SSSR count). The number of hydrogen-bond donors (Lipinski definition) is 2. The van der Waals surface area contributed by atoms with Crippen LogP contribution in [-0.2, 0) is 5.60 Å². The fourth-order valence-corrected chi connectivity index (χ4v) is 3.62. The van der Waals surface area contributed by atoms with Crippen molar-refractivity contribution >= 4 is 0 Å². The van der Waals surface area contributed by atoms with E-state index >= 15 is 0 Å². The van der Waals surface area contributed by atoms with E-state index in [0.29, 0.717) is 19.4 Å². The summed E-state index contributed by atoms with van der Waals surface area (Å²) in [5, 5.41) is 21.6. The fourth-order valence-electron chi connectivity index (χ4n) is 3.62. The van der Waals surface area contributed by atoms with Gasteiger partial charge in [0.15, 0.2) is 0 Å². The van der Waals surface area contributed by atoms with E-state index in [1.54, 1.807) is 7.11 Å². The number of aliphatic hydroxyl groups is 2. The molecule has 0 saturated carbocycles. The summed E-state index contributed by atoms with van der Waals surface area (Å²) < 4.78 is 5.19. The highest BCUT2D eigenvalue weighted by Crippen LogP contribution is 2.34. The van der Waals surface area contributed by atoms with Gasteiger partial charge in [-0.3, -0.25) is 0 Å². The molecule has 1 saturated heterocycles. The average molecular weight is 355 g/mol. The number of β-amino-alcohol motifs (C(OH)–C–C–N with tert-alkyl or cyclic N) is 1. The summed E-state index contributed by atoms with van der Waals surface area (Å²) in [5.74, 6) is 0.797. The highest BCUT2D eigenvalue weighted by atomic mass is 16.5. The molecule has 0 aromatic heterocycles. The Hall–Kier alpha value is -1.88. The molecule has 2 N–H and O–H groups in total. The maximum absolute atomic E-state index is 11.0. The topological polar surface area (TPSA) is 52.9 Å². The van der Waals surface area contributed by atoms with Crippen molar-refractivity contribution in [3.63, 3.8) is 0 Å². The zero-order valence-electron chi connectivity index (χ0n) is 15.9. The summed E-state index contributed by atoms with van der Waals surface area (Å²) >= 11 is 0. The minimum absolute atomic E-state index is 0.499. The van der Waals surface area contributed by atoms with Gasteiger partial charge in [-0.15, -0.1) is 0 Å². The number of benzene rings is 2. The van der Waals surface area contributed by atoms with Crippen LogP contribution in [0.1, 0.15) is 41.2 Å². The SMILES string of the molecule is COc1ccc(C2(O)CCN(C[C@@H](O)c3ccc(C)c(C)c3)CC2)cc1. The van der Waals surface area contributed by atoms with Crippen LogP contribution in [0, 0.1) is 13.8 Å². The van der Waals surface area contributed by atoms with Crippen LogP contribution in [-0.4, -0.2) is 41.9 Å². The normalized spacial score (nSPS) is 18.5. The van der Waals surface area contributed by atoms with E-state index in [4.69, 9.17) is 4.74 Å². The molecule has 0 amide bonds. The summed E-state index contributed by atoms with van der Waals surface area (Å²) in [4.78, 5) is 2.23. The van der Waals surface area contributed by atoms with Gasteiger partial charge in [0.2, 0.25) is 0 Å². The van der Waals surface area contributed by atoms with Crippen molar-refractivity contribution in [2.75, 3.05) is 26.7 Å². The molecule has 0 unspecified atom stereocenters. The standard InChI is InChI=1S/C22H29NO3/c1-16-4-5-18(14-17(16)2)21(24)15-23-12-10-22(25,11-13-23)19-6-8-20(26-3)9-7-19/h4-9,14,21,24-25H,10-13,15H2,1-3H3/t21-/m1/s1. The number of hydrogen-bond acceptors (Lipinski definition) is 4. The van der Waals surface area contributed by atoms with E-state index in [1.807, 2.05) is 30.3 Å². The lowest BCUT2D eigenvalue weighted by Gasteiger charge is -2.39. The quantitative estimate of drug-likeness (QED) is 0.864. The Balaban J connectivity index is 1.59. The first kappa shape index (κ1) is 18.9. The summed E-state index contributed by atoms with van der Waals surface area (Å²) in [5.41, 5.74) is 3.54. The second-order valence-corrected chi connectivity index (χ2v) is 7.42. The second kappa shape index (κ2) is 7.78. The Bertz CT molecular complexity index is 734. The summed E-state index contributed by atoms with van der Waals surface area (Å²) in [6.45, 7) is 6.29. The lowest BCUT2D eigenvalue weighted by Crippen LogP contribution is -2.43. The van der Waals surface area contributed by atoms with Crippen LogP contribution >= 0.6 is 0 Å². The van der Waals surface area contributed by atoms with Crippen LogP contribution in [0.15, 0.2) is 42.5 Å². The molecule has 140 valence electrons. The summed E-state index contributed by atoms with van der Waals surface area (Å²) in [6.07, 6.45) is 0.833. The van der Waals surface area contributed by atoms with Gasteiger partial charge in [-0.05, 0) is 61.1 Å². The molecule has 4 nitrogen and oxygen atoms in total. The van der Waals surface area contributed by atoms with Gasteiger partial charge in [0.25, 0.3) is 0 Å². The third-order valence-corrected chi connectivity index (χ3v) is 5.66. The van der Waals surface area contributed by atoms with Crippen molar-refractivity contribution < 1.29 is 14.9 Å². The molecule has 0 spiro atoms. The molecule has 0 aliphatic carbocycles. The number of ether oxygens (including phenoxy) is 1. The zero-order valence-corrected chi connectivity index (χ0v) is 15.9. The van der Waals surface area contributed by atoms with Crippen LogP contribution in [0.25, 0.3) is 0 Å². The number of piperidine rings is 1. The molecule has 4 heteroatoms. The monoisotopic (exact) mass is 355 g/mol. The number of methoxy groups -OCH3 is 1. The predicted molar refractivity (Wildman–Crippen MR) is 103 cm³/mol. The zero-order chi connectivity index (χ0) is 18.7. The number of likely N-dealkylation sites (tertiary alicyclic amines) is 1. The van der Waals surface area contributed by atoms with Crippen molar-refractivity contribution in [3.8, 4) is 5.75 Å². The Kier molecular flexibility index (Phi) is 5.66. The minimum Gasteiger partial charge on any atom is -0.497 e. The van der Waals surface area contributed by atoms with Crippen LogP contribution in [0.2, 0.25) is 0 Å². The van der Waals surface area contributed by atoms with E-state index < -0.39 is 11.7 Å².